The number of carbonyl (C=O) groups excluding carboxylic acids is 2. The summed E-state index contributed by atoms with van der Waals surface area (Å²) in [5.74, 6) is 1.04. The molecule has 2 aromatic rings. The molecule has 150 valence electrons. The Kier molecular flexibility index (Phi) is 8.05. The van der Waals surface area contributed by atoms with E-state index in [2.05, 4.69) is 24.5 Å². The second-order valence-electron chi connectivity index (χ2n) is 7.37. The van der Waals surface area contributed by atoms with E-state index in [9.17, 15) is 9.59 Å². The van der Waals surface area contributed by atoms with Crippen molar-refractivity contribution in [2.75, 3.05) is 11.9 Å². The molecule has 0 bridgehead atoms. The van der Waals surface area contributed by atoms with Gasteiger partial charge >= 0.3 is 0 Å². The molecule has 0 aromatic heterocycles. The van der Waals surface area contributed by atoms with Gasteiger partial charge in [0.15, 0.2) is 0 Å². The molecule has 0 saturated heterocycles. The number of amides is 2. The molecule has 0 aliphatic rings. The third-order valence-corrected chi connectivity index (χ3v) is 4.48. The highest BCUT2D eigenvalue weighted by molar-refractivity contribution is 6.04. The summed E-state index contributed by atoms with van der Waals surface area (Å²) in [6, 6.07) is 14.1. The molecule has 2 N–H and O–H groups in total. The van der Waals surface area contributed by atoms with Crippen LogP contribution in [0.5, 0.6) is 5.75 Å². The molecule has 1 atom stereocenters. The minimum atomic E-state index is -0.203. The summed E-state index contributed by atoms with van der Waals surface area (Å²) < 4.78 is 5.67. The normalized spacial score (nSPS) is 11.8. The van der Waals surface area contributed by atoms with Gasteiger partial charge in [0.05, 0.1) is 6.61 Å². The van der Waals surface area contributed by atoms with Crippen LogP contribution in [-0.4, -0.2) is 24.5 Å². The van der Waals surface area contributed by atoms with Crippen molar-refractivity contribution in [3.05, 3.63) is 59.7 Å². The lowest BCUT2D eigenvalue weighted by atomic mass is 10.1. The summed E-state index contributed by atoms with van der Waals surface area (Å²) in [7, 11) is 0. The molecule has 0 fully saturated rings. The SMILES string of the molecule is CCC(C)NC(=O)c1ccc(NC(=O)c2ccc(OCCC(C)C)cc2)cc1. The Bertz CT molecular complexity index is 767. The highest BCUT2D eigenvalue weighted by atomic mass is 16.5. The fourth-order valence-corrected chi connectivity index (χ4v) is 2.43. The molecule has 0 radical (unpaired) electrons. The van der Waals surface area contributed by atoms with Gasteiger partial charge in [-0.1, -0.05) is 20.8 Å². The first-order valence-corrected chi connectivity index (χ1v) is 9.84. The third kappa shape index (κ3) is 6.72. The predicted octanol–water partition coefficient (Wildman–Crippen LogP) is 4.89. The van der Waals surface area contributed by atoms with E-state index in [1.807, 2.05) is 13.8 Å². The van der Waals surface area contributed by atoms with Crippen molar-refractivity contribution in [1.82, 2.24) is 5.32 Å². The molecule has 2 rings (SSSR count). The van der Waals surface area contributed by atoms with Crippen LogP contribution < -0.4 is 15.4 Å². The Morgan fingerprint density at radius 2 is 1.46 bits per heavy atom. The number of carbonyl (C=O) groups is 2. The summed E-state index contributed by atoms with van der Waals surface area (Å²) in [5, 5.41) is 5.76. The second-order valence-corrected chi connectivity index (χ2v) is 7.37. The second kappa shape index (κ2) is 10.5. The summed E-state index contributed by atoms with van der Waals surface area (Å²) in [4.78, 5) is 24.5. The number of hydrogen-bond donors (Lipinski definition) is 2. The van der Waals surface area contributed by atoms with Gasteiger partial charge < -0.3 is 15.4 Å². The quantitative estimate of drug-likeness (QED) is 0.649. The molecule has 0 spiro atoms. The van der Waals surface area contributed by atoms with Gasteiger partial charge in [-0.15, -0.1) is 0 Å². The van der Waals surface area contributed by atoms with Gasteiger partial charge in [0.2, 0.25) is 0 Å². The maximum atomic E-state index is 12.4. The highest BCUT2D eigenvalue weighted by Crippen LogP contribution is 2.16. The molecule has 0 aliphatic carbocycles. The van der Waals surface area contributed by atoms with Crippen molar-refractivity contribution in [3.8, 4) is 5.75 Å². The zero-order valence-corrected chi connectivity index (χ0v) is 17.1. The van der Waals surface area contributed by atoms with Gasteiger partial charge in [0.1, 0.15) is 5.75 Å². The van der Waals surface area contributed by atoms with Gasteiger partial charge in [0.25, 0.3) is 11.8 Å². The van der Waals surface area contributed by atoms with Crippen LogP contribution in [-0.2, 0) is 0 Å². The minimum Gasteiger partial charge on any atom is -0.494 e. The van der Waals surface area contributed by atoms with Gasteiger partial charge in [0, 0.05) is 22.9 Å². The molecule has 2 amide bonds. The van der Waals surface area contributed by atoms with Crippen molar-refractivity contribution in [2.24, 2.45) is 5.92 Å². The molecule has 28 heavy (non-hydrogen) atoms. The summed E-state index contributed by atoms with van der Waals surface area (Å²) in [6.45, 7) is 8.96. The largest absolute Gasteiger partial charge is 0.494 e. The van der Waals surface area contributed by atoms with Crippen molar-refractivity contribution in [2.45, 2.75) is 46.6 Å². The molecular formula is C23H30N2O3. The molecule has 0 aliphatic heterocycles. The number of anilines is 1. The predicted molar refractivity (Wildman–Crippen MR) is 113 cm³/mol. The van der Waals surface area contributed by atoms with Crippen LogP contribution in [0.1, 0.15) is 61.3 Å². The van der Waals surface area contributed by atoms with Crippen molar-refractivity contribution in [1.29, 1.82) is 0 Å². The Labute approximate surface area is 167 Å². The Hall–Kier alpha value is -2.82. The minimum absolute atomic E-state index is 0.111. The molecule has 5 nitrogen and oxygen atoms in total. The average molecular weight is 383 g/mol. The van der Waals surface area contributed by atoms with E-state index in [-0.39, 0.29) is 17.9 Å². The maximum absolute atomic E-state index is 12.4. The maximum Gasteiger partial charge on any atom is 0.255 e. The van der Waals surface area contributed by atoms with E-state index < -0.39 is 0 Å². The zero-order chi connectivity index (χ0) is 20.5. The summed E-state index contributed by atoms with van der Waals surface area (Å²) in [6.07, 6.45) is 1.87. The zero-order valence-electron chi connectivity index (χ0n) is 17.1. The first kappa shape index (κ1) is 21.5. The molecule has 5 heteroatoms. The first-order valence-electron chi connectivity index (χ1n) is 9.84. The summed E-state index contributed by atoms with van der Waals surface area (Å²) in [5.41, 5.74) is 1.76. The lowest BCUT2D eigenvalue weighted by Gasteiger charge is -2.12. The van der Waals surface area contributed by atoms with Crippen LogP contribution in [0, 0.1) is 5.92 Å². The lowest BCUT2D eigenvalue weighted by molar-refractivity contribution is 0.0938. The number of ether oxygens (including phenoxy) is 1. The highest BCUT2D eigenvalue weighted by Gasteiger charge is 2.10. The molecule has 0 heterocycles. The van der Waals surface area contributed by atoms with E-state index in [4.69, 9.17) is 4.74 Å². The van der Waals surface area contributed by atoms with Gasteiger partial charge in [-0.3, -0.25) is 9.59 Å². The van der Waals surface area contributed by atoms with Crippen molar-refractivity contribution in [3.63, 3.8) is 0 Å². The third-order valence-electron chi connectivity index (χ3n) is 4.48. The topological polar surface area (TPSA) is 67.4 Å². The fraction of sp³-hybridized carbons (Fsp3) is 0.391. The first-order chi connectivity index (χ1) is 13.4. The number of hydrogen-bond acceptors (Lipinski definition) is 3. The monoisotopic (exact) mass is 382 g/mol. The lowest BCUT2D eigenvalue weighted by Crippen LogP contribution is -2.31. The van der Waals surface area contributed by atoms with Crippen LogP contribution >= 0.6 is 0 Å². The van der Waals surface area contributed by atoms with E-state index in [0.29, 0.717) is 29.3 Å². The van der Waals surface area contributed by atoms with Crippen molar-refractivity contribution >= 4 is 17.5 Å². The smallest absolute Gasteiger partial charge is 0.255 e. The van der Waals surface area contributed by atoms with Crippen LogP contribution in [0.3, 0.4) is 0 Å². The number of benzene rings is 2. The fourth-order valence-electron chi connectivity index (χ4n) is 2.43. The van der Waals surface area contributed by atoms with E-state index in [0.717, 1.165) is 18.6 Å². The summed E-state index contributed by atoms with van der Waals surface area (Å²) >= 11 is 0. The Morgan fingerprint density at radius 3 is 2.04 bits per heavy atom. The number of rotatable bonds is 9. The van der Waals surface area contributed by atoms with Crippen LogP contribution in [0.2, 0.25) is 0 Å². The molecule has 1 unspecified atom stereocenters. The Morgan fingerprint density at radius 1 is 0.893 bits per heavy atom. The standard InChI is InChI=1S/C23H30N2O3/c1-5-17(4)24-22(26)18-6-10-20(11-7-18)25-23(27)19-8-12-21(13-9-19)28-15-14-16(2)3/h6-13,16-17H,5,14-15H2,1-4H3,(H,24,26)(H,25,27). The van der Waals surface area contributed by atoms with E-state index in [1.54, 1.807) is 48.5 Å². The van der Waals surface area contributed by atoms with Crippen LogP contribution in [0.4, 0.5) is 5.69 Å². The number of nitrogens with one attached hydrogen (secondary N) is 2. The van der Waals surface area contributed by atoms with Gasteiger partial charge in [-0.2, -0.15) is 0 Å². The van der Waals surface area contributed by atoms with E-state index in [1.165, 1.54) is 0 Å². The van der Waals surface area contributed by atoms with Crippen LogP contribution in [0.25, 0.3) is 0 Å². The average Bonchev–Trinajstić information content (AvgIpc) is 2.68. The Balaban J connectivity index is 1.91. The van der Waals surface area contributed by atoms with E-state index >= 15 is 0 Å². The van der Waals surface area contributed by atoms with Crippen molar-refractivity contribution < 1.29 is 14.3 Å². The van der Waals surface area contributed by atoms with Gasteiger partial charge in [-0.05, 0) is 74.2 Å². The molecular weight excluding hydrogens is 352 g/mol. The van der Waals surface area contributed by atoms with Gasteiger partial charge in [-0.25, -0.2) is 0 Å². The molecule has 2 aromatic carbocycles. The van der Waals surface area contributed by atoms with Crippen LogP contribution in [0.15, 0.2) is 48.5 Å². The molecule has 0 saturated carbocycles.